The highest BCUT2D eigenvalue weighted by atomic mass is 35.5. The van der Waals surface area contributed by atoms with Crippen molar-refractivity contribution in [1.82, 2.24) is 4.90 Å². The molecule has 0 spiro atoms. The first-order valence-electron chi connectivity index (χ1n) is 5.00. The van der Waals surface area contributed by atoms with E-state index in [9.17, 15) is 4.79 Å². The van der Waals surface area contributed by atoms with Crippen molar-refractivity contribution in [3.05, 3.63) is 42.5 Å². The van der Waals surface area contributed by atoms with E-state index in [0.717, 1.165) is 5.56 Å². The Balaban J connectivity index is 2.76. The van der Waals surface area contributed by atoms with Gasteiger partial charge in [0, 0.05) is 13.1 Å². The summed E-state index contributed by atoms with van der Waals surface area (Å²) in [5, 5.41) is 9.15. The molecule has 1 amide bonds. The van der Waals surface area contributed by atoms with E-state index in [1.165, 1.54) is 4.90 Å². The second kappa shape index (κ2) is 6.52. The zero-order valence-electron chi connectivity index (χ0n) is 9.14. The molecule has 0 aliphatic rings. The molecule has 0 saturated heterocycles. The Labute approximate surface area is 110 Å². The number of alkyl halides is 2. The van der Waals surface area contributed by atoms with Crippen LogP contribution in [0.5, 0.6) is 5.75 Å². The normalized spacial score (nSPS) is 10.3. The minimum absolute atomic E-state index is 0.183. The summed E-state index contributed by atoms with van der Waals surface area (Å²) in [6.45, 7) is 4.32. The average molecular weight is 274 g/mol. The molecular formula is C12H13Cl2NO2. The van der Waals surface area contributed by atoms with E-state index < -0.39 is 4.84 Å². The van der Waals surface area contributed by atoms with Crippen LogP contribution in [-0.2, 0) is 11.3 Å². The Bertz CT molecular complexity index is 390. The lowest BCUT2D eigenvalue weighted by molar-refractivity contribution is -0.129. The molecule has 0 aliphatic heterocycles. The van der Waals surface area contributed by atoms with E-state index in [1.807, 2.05) is 0 Å². The van der Waals surface area contributed by atoms with Crippen molar-refractivity contribution >= 4 is 29.1 Å². The first-order valence-corrected chi connectivity index (χ1v) is 5.87. The standard InChI is InChI=1S/C12H13Cl2NO2/c1-2-7-15(12(17)11(13)14)8-9-3-5-10(16)6-4-9/h2-6,11,16H,1,7-8H2. The summed E-state index contributed by atoms with van der Waals surface area (Å²) in [7, 11) is 0. The van der Waals surface area contributed by atoms with Crippen molar-refractivity contribution < 1.29 is 9.90 Å². The molecule has 92 valence electrons. The Morgan fingerprint density at radius 3 is 2.47 bits per heavy atom. The van der Waals surface area contributed by atoms with E-state index in [4.69, 9.17) is 28.3 Å². The minimum atomic E-state index is -1.08. The molecule has 0 aromatic heterocycles. The molecule has 0 radical (unpaired) electrons. The van der Waals surface area contributed by atoms with Gasteiger partial charge in [-0.15, -0.1) is 6.58 Å². The summed E-state index contributed by atoms with van der Waals surface area (Å²) in [6.07, 6.45) is 1.61. The van der Waals surface area contributed by atoms with Crippen molar-refractivity contribution in [2.24, 2.45) is 0 Å². The van der Waals surface area contributed by atoms with Crippen LogP contribution in [-0.4, -0.2) is 27.3 Å². The molecule has 17 heavy (non-hydrogen) atoms. The van der Waals surface area contributed by atoms with Crippen LogP contribution in [0, 0.1) is 0 Å². The highest BCUT2D eigenvalue weighted by Gasteiger charge is 2.19. The monoisotopic (exact) mass is 273 g/mol. The van der Waals surface area contributed by atoms with E-state index in [2.05, 4.69) is 6.58 Å². The lowest BCUT2D eigenvalue weighted by atomic mass is 10.2. The summed E-state index contributed by atoms with van der Waals surface area (Å²) in [4.78, 5) is 12.1. The quantitative estimate of drug-likeness (QED) is 0.662. The number of carbonyl (C=O) groups is 1. The van der Waals surface area contributed by atoms with Crippen LogP contribution in [0.25, 0.3) is 0 Å². The maximum absolute atomic E-state index is 11.7. The number of hydrogen-bond donors (Lipinski definition) is 1. The molecule has 0 fully saturated rings. The number of amides is 1. The third kappa shape index (κ3) is 4.29. The fraction of sp³-hybridized carbons (Fsp3) is 0.250. The van der Waals surface area contributed by atoms with Gasteiger partial charge in [0.25, 0.3) is 5.91 Å². The van der Waals surface area contributed by atoms with Crippen LogP contribution in [0.3, 0.4) is 0 Å². The maximum atomic E-state index is 11.7. The van der Waals surface area contributed by atoms with E-state index in [1.54, 1.807) is 30.3 Å². The van der Waals surface area contributed by atoms with Gasteiger partial charge in [0.2, 0.25) is 0 Å². The van der Waals surface area contributed by atoms with Crippen molar-refractivity contribution in [2.45, 2.75) is 11.4 Å². The summed E-state index contributed by atoms with van der Waals surface area (Å²) >= 11 is 11.1. The largest absolute Gasteiger partial charge is 0.508 e. The molecule has 1 aromatic carbocycles. The van der Waals surface area contributed by atoms with Gasteiger partial charge in [-0.05, 0) is 17.7 Å². The third-order valence-corrected chi connectivity index (χ3v) is 2.53. The fourth-order valence-corrected chi connectivity index (χ4v) is 1.62. The number of aromatic hydroxyl groups is 1. The summed E-state index contributed by atoms with van der Waals surface area (Å²) in [5.74, 6) is -0.177. The summed E-state index contributed by atoms with van der Waals surface area (Å²) in [6, 6.07) is 6.59. The number of phenolic OH excluding ortho intramolecular Hbond substituents is 1. The second-order valence-electron chi connectivity index (χ2n) is 3.47. The number of nitrogens with zero attached hydrogens (tertiary/aromatic N) is 1. The van der Waals surface area contributed by atoms with Crippen molar-refractivity contribution in [3.63, 3.8) is 0 Å². The minimum Gasteiger partial charge on any atom is -0.508 e. The van der Waals surface area contributed by atoms with Gasteiger partial charge in [-0.25, -0.2) is 0 Å². The van der Waals surface area contributed by atoms with Crippen LogP contribution in [0.1, 0.15) is 5.56 Å². The van der Waals surface area contributed by atoms with Gasteiger partial charge in [0.15, 0.2) is 4.84 Å². The van der Waals surface area contributed by atoms with Crippen LogP contribution in [0.2, 0.25) is 0 Å². The van der Waals surface area contributed by atoms with Crippen molar-refractivity contribution in [1.29, 1.82) is 0 Å². The number of carbonyl (C=O) groups excluding carboxylic acids is 1. The lowest BCUT2D eigenvalue weighted by Gasteiger charge is -2.21. The molecule has 0 aliphatic carbocycles. The first kappa shape index (κ1) is 13.9. The number of rotatable bonds is 5. The predicted octanol–water partition coefficient (Wildman–Crippen LogP) is 2.71. The predicted molar refractivity (Wildman–Crippen MR) is 69.2 cm³/mol. The summed E-state index contributed by atoms with van der Waals surface area (Å²) in [5.41, 5.74) is 0.881. The fourth-order valence-electron chi connectivity index (χ4n) is 1.35. The molecule has 5 heteroatoms. The van der Waals surface area contributed by atoms with Crippen LogP contribution >= 0.6 is 23.2 Å². The molecule has 1 N–H and O–H groups in total. The van der Waals surface area contributed by atoms with Gasteiger partial charge < -0.3 is 10.0 Å². The molecule has 0 bridgehead atoms. The Hall–Kier alpha value is -1.19. The molecule has 0 atom stereocenters. The van der Waals surface area contributed by atoms with Gasteiger partial charge in [0.05, 0.1) is 0 Å². The average Bonchev–Trinajstić information content (AvgIpc) is 2.30. The van der Waals surface area contributed by atoms with E-state index in [-0.39, 0.29) is 11.7 Å². The van der Waals surface area contributed by atoms with Crippen molar-refractivity contribution in [3.8, 4) is 5.75 Å². The van der Waals surface area contributed by atoms with Gasteiger partial charge in [0.1, 0.15) is 5.75 Å². The van der Waals surface area contributed by atoms with Crippen molar-refractivity contribution in [2.75, 3.05) is 6.54 Å². The molecule has 3 nitrogen and oxygen atoms in total. The number of halogens is 2. The van der Waals surface area contributed by atoms with Crippen LogP contribution < -0.4 is 0 Å². The number of phenols is 1. The van der Waals surface area contributed by atoms with E-state index >= 15 is 0 Å². The zero-order chi connectivity index (χ0) is 12.8. The first-order chi connectivity index (χ1) is 8.04. The topological polar surface area (TPSA) is 40.5 Å². The Morgan fingerprint density at radius 2 is 2.00 bits per heavy atom. The van der Waals surface area contributed by atoms with Crippen LogP contribution in [0.4, 0.5) is 0 Å². The van der Waals surface area contributed by atoms with Gasteiger partial charge in [-0.3, -0.25) is 4.79 Å². The van der Waals surface area contributed by atoms with E-state index in [0.29, 0.717) is 13.1 Å². The number of benzene rings is 1. The summed E-state index contributed by atoms with van der Waals surface area (Å²) < 4.78 is 0. The third-order valence-electron chi connectivity index (χ3n) is 2.16. The maximum Gasteiger partial charge on any atom is 0.256 e. The lowest BCUT2D eigenvalue weighted by Crippen LogP contribution is -2.34. The van der Waals surface area contributed by atoms with Gasteiger partial charge in [-0.2, -0.15) is 0 Å². The zero-order valence-corrected chi connectivity index (χ0v) is 10.7. The van der Waals surface area contributed by atoms with Gasteiger partial charge >= 0.3 is 0 Å². The highest BCUT2D eigenvalue weighted by Crippen LogP contribution is 2.14. The Morgan fingerprint density at radius 1 is 1.41 bits per heavy atom. The number of hydrogen-bond acceptors (Lipinski definition) is 2. The Kier molecular flexibility index (Phi) is 5.32. The SMILES string of the molecule is C=CCN(Cc1ccc(O)cc1)C(=O)C(Cl)Cl. The molecule has 0 unspecified atom stereocenters. The molecule has 0 saturated carbocycles. The molecule has 0 heterocycles. The molecule has 1 rings (SSSR count). The molecule has 1 aromatic rings. The highest BCUT2D eigenvalue weighted by molar-refractivity contribution is 6.53. The second-order valence-corrected chi connectivity index (χ2v) is 4.57. The smallest absolute Gasteiger partial charge is 0.256 e. The van der Waals surface area contributed by atoms with Crippen LogP contribution in [0.15, 0.2) is 36.9 Å². The van der Waals surface area contributed by atoms with Gasteiger partial charge in [-0.1, -0.05) is 41.4 Å². The molecular weight excluding hydrogens is 261 g/mol.